The Bertz CT molecular complexity index is 1430. The summed E-state index contributed by atoms with van der Waals surface area (Å²) in [6, 6.07) is 27.1. The minimum absolute atomic E-state index is 0.0711. The van der Waals surface area contributed by atoms with Gasteiger partial charge in [-0.15, -0.1) is 11.8 Å². The van der Waals surface area contributed by atoms with E-state index in [1.54, 1.807) is 30.9 Å². The zero-order valence-corrected chi connectivity index (χ0v) is 20.9. The minimum Gasteiger partial charge on any atom is -0.493 e. The normalized spacial score (nSPS) is 15.2. The Balaban J connectivity index is 1.41. The van der Waals surface area contributed by atoms with Crippen molar-refractivity contribution in [2.24, 2.45) is 0 Å². The number of fused-ring (bicyclic) bond motifs is 2. The largest absolute Gasteiger partial charge is 0.493 e. The summed E-state index contributed by atoms with van der Waals surface area (Å²) in [5.74, 6) is 0.898. The maximum atomic E-state index is 13.5. The Morgan fingerprint density at radius 1 is 0.944 bits per heavy atom. The first-order valence-electron chi connectivity index (χ1n) is 11.6. The van der Waals surface area contributed by atoms with E-state index in [0.29, 0.717) is 11.5 Å². The second-order valence-corrected chi connectivity index (χ2v) is 9.69. The van der Waals surface area contributed by atoms with Crippen molar-refractivity contribution in [2.75, 3.05) is 31.0 Å². The highest BCUT2D eigenvalue weighted by Gasteiger charge is 2.31. The number of anilines is 2. The van der Waals surface area contributed by atoms with Crippen molar-refractivity contribution >= 4 is 45.7 Å². The summed E-state index contributed by atoms with van der Waals surface area (Å²) in [7, 11) is 3.19. The second kappa shape index (κ2) is 10.3. The molecule has 0 aliphatic carbocycles. The van der Waals surface area contributed by atoms with E-state index < -0.39 is 0 Å². The van der Waals surface area contributed by atoms with E-state index in [1.165, 1.54) is 0 Å². The number of benzene rings is 4. The van der Waals surface area contributed by atoms with E-state index in [4.69, 9.17) is 9.47 Å². The second-order valence-electron chi connectivity index (χ2n) is 8.45. The fourth-order valence-corrected chi connectivity index (χ4v) is 5.73. The first-order valence-corrected chi connectivity index (χ1v) is 12.5. The van der Waals surface area contributed by atoms with E-state index in [0.717, 1.165) is 32.6 Å². The van der Waals surface area contributed by atoms with Crippen molar-refractivity contribution < 1.29 is 19.1 Å². The fourth-order valence-electron chi connectivity index (χ4n) is 4.46. The quantitative estimate of drug-likeness (QED) is 0.350. The van der Waals surface area contributed by atoms with Gasteiger partial charge in [-0.3, -0.25) is 9.59 Å². The first-order chi connectivity index (χ1) is 17.6. The third-order valence-electron chi connectivity index (χ3n) is 6.23. The van der Waals surface area contributed by atoms with Crippen LogP contribution in [0, 0.1) is 0 Å². The van der Waals surface area contributed by atoms with Gasteiger partial charge in [-0.25, -0.2) is 0 Å². The molecule has 6 nitrogen and oxygen atoms in total. The Morgan fingerprint density at radius 2 is 1.69 bits per heavy atom. The van der Waals surface area contributed by atoms with E-state index in [1.807, 2.05) is 84.9 Å². The molecule has 1 heterocycles. The van der Waals surface area contributed by atoms with Gasteiger partial charge in [0.15, 0.2) is 11.5 Å². The van der Waals surface area contributed by atoms with Crippen LogP contribution in [0.4, 0.5) is 11.4 Å². The molecular formula is C29H26N2O4S. The number of nitrogens with zero attached hydrogens (tertiary/aromatic N) is 1. The van der Waals surface area contributed by atoms with Crippen molar-refractivity contribution in [3.63, 3.8) is 0 Å². The molecule has 1 atom stereocenters. The molecule has 1 aliphatic rings. The lowest BCUT2D eigenvalue weighted by atomic mass is 10.1. The van der Waals surface area contributed by atoms with Crippen LogP contribution < -0.4 is 19.7 Å². The molecule has 5 rings (SSSR count). The van der Waals surface area contributed by atoms with Gasteiger partial charge in [0.1, 0.15) is 6.54 Å². The summed E-state index contributed by atoms with van der Waals surface area (Å²) in [4.78, 5) is 29.2. The summed E-state index contributed by atoms with van der Waals surface area (Å²) < 4.78 is 10.8. The molecule has 7 heteroatoms. The average Bonchev–Trinajstić information content (AvgIpc) is 3.04. The van der Waals surface area contributed by atoms with Crippen LogP contribution in [-0.4, -0.2) is 32.6 Å². The molecule has 182 valence electrons. The molecule has 0 saturated heterocycles. The predicted molar refractivity (Wildman–Crippen MR) is 144 cm³/mol. The molecule has 0 saturated carbocycles. The molecule has 0 spiro atoms. The molecule has 1 unspecified atom stereocenters. The lowest BCUT2D eigenvalue weighted by molar-refractivity contribution is -0.121. The molecule has 1 N–H and O–H groups in total. The highest BCUT2D eigenvalue weighted by molar-refractivity contribution is 7.99. The number of methoxy groups -OCH3 is 2. The van der Waals surface area contributed by atoms with Crippen LogP contribution in [-0.2, 0) is 9.59 Å². The minimum atomic E-state index is -0.246. The Kier molecular flexibility index (Phi) is 6.82. The maximum absolute atomic E-state index is 13.5. The van der Waals surface area contributed by atoms with Crippen LogP contribution in [0.1, 0.15) is 17.2 Å². The van der Waals surface area contributed by atoms with Gasteiger partial charge in [-0.05, 0) is 41.3 Å². The molecule has 0 bridgehead atoms. The highest BCUT2D eigenvalue weighted by atomic mass is 32.2. The number of hydrogen-bond donors (Lipinski definition) is 1. The number of para-hydroxylation sites is 1. The number of nitrogens with one attached hydrogen (secondary N) is 1. The molecule has 4 aromatic rings. The van der Waals surface area contributed by atoms with Crippen LogP contribution >= 0.6 is 11.8 Å². The maximum Gasteiger partial charge on any atom is 0.244 e. The van der Waals surface area contributed by atoms with Crippen molar-refractivity contribution in [3.8, 4) is 11.5 Å². The zero-order valence-electron chi connectivity index (χ0n) is 20.1. The molecule has 2 amide bonds. The molecule has 0 radical (unpaired) electrons. The molecular weight excluding hydrogens is 472 g/mol. The van der Waals surface area contributed by atoms with E-state index >= 15 is 0 Å². The van der Waals surface area contributed by atoms with Crippen LogP contribution in [0.15, 0.2) is 89.8 Å². The van der Waals surface area contributed by atoms with Gasteiger partial charge >= 0.3 is 0 Å². The highest BCUT2D eigenvalue weighted by Crippen LogP contribution is 2.46. The van der Waals surface area contributed by atoms with Crippen LogP contribution in [0.25, 0.3) is 10.8 Å². The van der Waals surface area contributed by atoms with E-state index in [-0.39, 0.29) is 30.0 Å². The lowest BCUT2D eigenvalue weighted by Crippen LogP contribution is -2.38. The van der Waals surface area contributed by atoms with Crippen molar-refractivity contribution in [3.05, 3.63) is 90.5 Å². The Labute approximate surface area is 214 Å². The summed E-state index contributed by atoms with van der Waals surface area (Å²) in [5.41, 5.74) is 2.43. The van der Waals surface area contributed by atoms with Crippen LogP contribution in [0.5, 0.6) is 11.5 Å². The van der Waals surface area contributed by atoms with Crippen molar-refractivity contribution in [2.45, 2.75) is 16.6 Å². The smallest absolute Gasteiger partial charge is 0.244 e. The molecule has 0 fully saturated rings. The predicted octanol–water partition coefficient (Wildman–Crippen LogP) is 6.07. The van der Waals surface area contributed by atoms with Gasteiger partial charge in [0.05, 0.1) is 19.9 Å². The number of rotatable bonds is 6. The van der Waals surface area contributed by atoms with Crippen molar-refractivity contribution in [1.82, 2.24) is 0 Å². The summed E-state index contributed by atoms with van der Waals surface area (Å²) >= 11 is 1.61. The zero-order chi connectivity index (χ0) is 25.1. The number of thioether (sulfide) groups is 1. The van der Waals surface area contributed by atoms with Crippen molar-refractivity contribution in [1.29, 1.82) is 0 Å². The number of amides is 2. The van der Waals surface area contributed by atoms with Gasteiger partial charge in [0, 0.05) is 27.6 Å². The van der Waals surface area contributed by atoms with Crippen LogP contribution in [0.3, 0.4) is 0 Å². The monoisotopic (exact) mass is 498 g/mol. The molecule has 36 heavy (non-hydrogen) atoms. The van der Waals surface area contributed by atoms with E-state index in [9.17, 15) is 9.59 Å². The third-order valence-corrected chi connectivity index (χ3v) is 7.55. The van der Waals surface area contributed by atoms with Gasteiger partial charge in [-0.1, -0.05) is 54.6 Å². The Morgan fingerprint density at radius 3 is 2.53 bits per heavy atom. The molecule has 1 aliphatic heterocycles. The topological polar surface area (TPSA) is 67.9 Å². The molecule has 0 aromatic heterocycles. The van der Waals surface area contributed by atoms with Gasteiger partial charge in [-0.2, -0.15) is 0 Å². The number of carbonyl (C=O) groups excluding carboxylic acids is 2. The summed E-state index contributed by atoms with van der Waals surface area (Å²) in [6.45, 7) is -0.0711. The SMILES string of the molecule is COc1ccc(C2CC(=O)N(CC(=O)Nc3cccc4ccccc34)c3ccccc3S2)cc1OC. The van der Waals surface area contributed by atoms with Crippen LogP contribution in [0.2, 0.25) is 0 Å². The van der Waals surface area contributed by atoms with Gasteiger partial charge < -0.3 is 19.7 Å². The summed E-state index contributed by atoms with van der Waals surface area (Å²) in [5, 5.41) is 4.87. The number of hydrogen-bond acceptors (Lipinski definition) is 5. The third kappa shape index (κ3) is 4.75. The Hall–Kier alpha value is -3.97. The van der Waals surface area contributed by atoms with Gasteiger partial charge in [0.2, 0.25) is 11.8 Å². The fraction of sp³-hybridized carbons (Fsp3) is 0.172. The number of carbonyl (C=O) groups is 2. The molecule has 4 aromatic carbocycles. The summed E-state index contributed by atoms with van der Waals surface area (Å²) in [6.07, 6.45) is 0.246. The standard InChI is InChI=1S/C29H26N2O4S/c1-34-24-15-14-20(16-25(24)35-2)27-17-29(33)31(23-12-5-6-13-26(23)36-27)18-28(32)30-22-11-7-9-19-8-3-4-10-21(19)22/h3-16,27H,17-18H2,1-2H3,(H,30,32). The number of ether oxygens (including phenoxy) is 2. The average molecular weight is 499 g/mol. The lowest BCUT2D eigenvalue weighted by Gasteiger charge is -2.22. The first kappa shape index (κ1) is 23.8. The van der Waals surface area contributed by atoms with E-state index in [2.05, 4.69) is 5.32 Å². The van der Waals surface area contributed by atoms with Gasteiger partial charge in [0.25, 0.3) is 0 Å².